The minimum Gasteiger partial charge on any atom is -0.464 e. The second-order valence-corrected chi connectivity index (χ2v) is 4.86. The largest absolute Gasteiger partial charge is 0.464 e. The van der Waals surface area contributed by atoms with E-state index in [4.69, 9.17) is 11.6 Å². The van der Waals surface area contributed by atoms with Gasteiger partial charge in [0.05, 0.1) is 18.7 Å². The number of halogens is 2. The molecule has 5 nitrogen and oxygen atoms in total. The lowest BCUT2D eigenvalue weighted by Gasteiger charge is -2.07. The molecule has 0 radical (unpaired) electrons. The van der Waals surface area contributed by atoms with Gasteiger partial charge in [-0.1, -0.05) is 11.6 Å². The maximum absolute atomic E-state index is 13.1. The van der Waals surface area contributed by atoms with Crippen LogP contribution < -0.4 is 0 Å². The van der Waals surface area contributed by atoms with Crippen LogP contribution in [0.25, 0.3) is 0 Å². The van der Waals surface area contributed by atoms with Gasteiger partial charge in [-0.15, -0.1) is 0 Å². The fourth-order valence-electron chi connectivity index (χ4n) is 1.92. The van der Waals surface area contributed by atoms with E-state index in [1.54, 1.807) is 0 Å². The van der Waals surface area contributed by atoms with E-state index in [9.17, 15) is 18.8 Å². The van der Waals surface area contributed by atoms with E-state index < -0.39 is 11.8 Å². The molecule has 22 heavy (non-hydrogen) atoms. The van der Waals surface area contributed by atoms with Gasteiger partial charge in [-0.25, -0.2) is 9.18 Å². The number of Topliss-reactive ketones (excluding diaryl/α,β-unsaturated/α-hetero) is 1. The molecule has 0 fully saturated rings. The van der Waals surface area contributed by atoms with Crippen LogP contribution in [0.2, 0.25) is 5.02 Å². The number of aldehydes is 1. The predicted octanol–water partition coefficient (Wildman–Crippen LogP) is 2.76. The van der Waals surface area contributed by atoms with Crippen LogP contribution in [0.4, 0.5) is 4.39 Å². The Kier molecular flexibility index (Phi) is 4.72. The summed E-state index contributed by atoms with van der Waals surface area (Å²) in [5, 5.41) is -0.167. The zero-order chi connectivity index (χ0) is 16.3. The highest BCUT2D eigenvalue weighted by Crippen LogP contribution is 2.17. The van der Waals surface area contributed by atoms with Gasteiger partial charge in [0.2, 0.25) is 0 Å². The lowest BCUT2D eigenvalue weighted by atomic mass is 10.1. The van der Waals surface area contributed by atoms with Crippen LogP contribution in [0.1, 0.15) is 31.2 Å². The third-order valence-electron chi connectivity index (χ3n) is 3.00. The SMILES string of the molecule is COC(=O)c1cc(C=O)cn1CC(=O)c1ccc(F)c(Cl)c1. The molecular formula is C15H11ClFNO4. The summed E-state index contributed by atoms with van der Waals surface area (Å²) in [6.07, 6.45) is 1.92. The maximum atomic E-state index is 13.1. The Morgan fingerprint density at radius 3 is 2.68 bits per heavy atom. The zero-order valence-electron chi connectivity index (χ0n) is 11.5. The predicted molar refractivity (Wildman–Crippen MR) is 76.9 cm³/mol. The van der Waals surface area contributed by atoms with Crippen molar-refractivity contribution in [3.05, 3.63) is 58.1 Å². The number of carbonyl (C=O) groups excluding carboxylic acids is 3. The molecule has 0 amide bonds. The Labute approximate surface area is 130 Å². The minimum atomic E-state index is -0.668. The van der Waals surface area contributed by atoms with Gasteiger partial charge in [-0.05, 0) is 24.3 Å². The smallest absolute Gasteiger partial charge is 0.354 e. The molecule has 0 spiro atoms. The fourth-order valence-corrected chi connectivity index (χ4v) is 2.10. The molecule has 0 aliphatic carbocycles. The Bertz CT molecular complexity index is 754. The van der Waals surface area contributed by atoms with Gasteiger partial charge in [0.25, 0.3) is 0 Å². The molecule has 1 heterocycles. The molecular weight excluding hydrogens is 313 g/mol. The summed E-state index contributed by atoms with van der Waals surface area (Å²) in [7, 11) is 1.20. The molecule has 0 saturated heterocycles. The van der Waals surface area contributed by atoms with Gasteiger partial charge in [0.15, 0.2) is 12.1 Å². The van der Waals surface area contributed by atoms with Crippen molar-refractivity contribution in [3.63, 3.8) is 0 Å². The first kappa shape index (κ1) is 15.9. The number of nitrogens with zero attached hydrogens (tertiary/aromatic N) is 1. The van der Waals surface area contributed by atoms with Gasteiger partial charge < -0.3 is 9.30 Å². The number of ether oxygens (including phenoxy) is 1. The Morgan fingerprint density at radius 2 is 2.09 bits per heavy atom. The fraction of sp³-hybridized carbons (Fsp3) is 0.133. The van der Waals surface area contributed by atoms with E-state index in [0.29, 0.717) is 6.29 Å². The highest BCUT2D eigenvalue weighted by molar-refractivity contribution is 6.31. The third-order valence-corrected chi connectivity index (χ3v) is 3.29. The maximum Gasteiger partial charge on any atom is 0.354 e. The van der Waals surface area contributed by atoms with Crippen molar-refractivity contribution in [2.45, 2.75) is 6.54 Å². The monoisotopic (exact) mass is 323 g/mol. The van der Waals surface area contributed by atoms with E-state index >= 15 is 0 Å². The molecule has 0 aliphatic heterocycles. The third kappa shape index (κ3) is 3.23. The number of aromatic nitrogens is 1. The van der Waals surface area contributed by atoms with Crippen molar-refractivity contribution < 1.29 is 23.5 Å². The van der Waals surface area contributed by atoms with Crippen molar-refractivity contribution >= 4 is 29.6 Å². The van der Waals surface area contributed by atoms with E-state index in [2.05, 4.69) is 4.74 Å². The topological polar surface area (TPSA) is 65.4 Å². The molecule has 0 aliphatic rings. The minimum absolute atomic E-state index is 0.0751. The van der Waals surface area contributed by atoms with Gasteiger partial charge in [-0.3, -0.25) is 9.59 Å². The van der Waals surface area contributed by atoms with Gasteiger partial charge >= 0.3 is 5.97 Å². The van der Waals surface area contributed by atoms with Crippen LogP contribution in [0.5, 0.6) is 0 Å². The standard InChI is InChI=1S/C15H11ClFNO4/c1-22-15(21)13-4-9(8-19)6-18(13)7-14(20)10-2-3-12(17)11(16)5-10/h2-6,8H,7H2,1H3. The molecule has 0 N–H and O–H groups in total. The molecule has 0 unspecified atom stereocenters. The average molecular weight is 324 g/mol. The van der Waals surface area contributed by atoms with Gasteiger partial charge in [0, 0.05) is 17.3 Å². The molecule has 7 heteroatoms. The molecule has 1 aromatic heterocycles. The Morgan fingerprint density at radius 1 is 1.36 bits per heavy atom. The number of esters is 1. The molecule has 114 valence electrons. The normalized spacial score (nSPS) is 10.3. The summed E-state index contributed by atoms with van der Waals surface area (Å²) in [6, 6.07) is 4.92. The molecule has 0 bridgehead atoms. The van der Waals surface area contributed by atoms with E-state index in [1.807, 2.05) is 0 Å². The summed E-state index contributed by atoms with van der Waals surface area (Å²) in [5.74, 6) is -1.68. The van der Waals surface area contributed by atoms with Crippen LogP contribution in [0, 0.1) is 5.82 Å². The van der Waals surface area contributed by atoms with Gasteiger partial charge in [0.1, 0.15) is 11.5 Å². The van der Waals surface area contributed by atoms with Crippen molar-refractivity contribution in [1.82, 2.24) is 4.57 Å². The average Bonchev–Trinajstić information content (AvgIpc) is 2.92. The highest BCUT2D eigenvalue weighted by Gasteiger charge is 2.17. The van der Waals surface area contributed by atoms with E-state index in [0.717, 1.165) is 6.07 Å². The van der Waals surface area contributed by atoms with E-state index in [-0.39, 0.29) is 34.2 Å². The molecule has 0 saturated carbocycles. The van der Waals surface area contributed by atoms with Crippen molar-refractivity contribution in [2.24, 2.45) is 0 Å². The number of benzene rings is 1. The lowest BCUT2D eigenvalue weighted by Crippen LogP contribution is -2.15. The van der Waals surface area contributed by atoms with Crippen molar-refractivity contribution in [3.8, 4) is 0 Å². The second kappa shape index (κ2) is 6.53. The number of ketones is 1. The summed E-state index contributed by atoms with van der Waals surface area (Å²) in [5.41, 5.74) is 0.514. The van der Waals surface area contributed by atoms with Crippen LogP contribution in [0.3, 0.4) is 0 Å². The molecule has 0 atom stereocenters. The second-order valence-electron chi connectivity index (χ2n) is 4.45. The number of methoxy groups -OCH3 is 1. The van der Waals surface area contributed by atoms with Crippen LogP contribution in [-0.4, -0.2) is 29.7 Å². The lowest BCUT2D eigenvalue weighted by molar-refractivity contribution is 0.0588. The Balaban J connectivity index is 2.31. The molecule has 2 aromatic rings. The zero-order valence-corrected chi connectivity index (χ0v) is 12.3. The summed E-state index contributed by atoms with van der Waals surface area (Å²) in [4.78, 5) is 34.6. The van der Waals surface area contributed by atoms with Crippen LogP contribution in [-0.2, 0) is 11.3 Å². The quantitative estimate of drug-likeness (QED) is 0.482. The molecule has 2 rings (SSSR count). The summed E-state index contributed by atoms with van der Waals surface area (Å²) >= 11 is 5.64. The van der Waals surface area contributed by atoms with Crippen molar-refractivity contribution in [1.29, 1.82) is 0 Å². The van der Waals surface area contributed by atoms with Gasteiger partial charge in [-0.2, -0.15) is 0 Å². The number of hydrogen-bond acceptors (Lipinski definition) is 4. The first-order valence-electron chi connectivity index (χ1n) is 6.18. The number of carbonyl (C=O) groups is 3. The summed E-state index contributed by atoms with van der Waals surface area (Å²) in [6.45, 7) is -0.208. The number of rotatable bonds is 5. The summed E-state index contributed by atoms with van der Waals surface area (Å²) < 4.78 is 19.0. The van der Waals surface area contributed by atoms with Crippen molar-refractivity contribution in [2.75, 3.05) is 7.11 Å². The van der Waals surface area contributed by atoms with E-state index in [1.165, 1.54) is 36.1 Å². The highest BCUT2D eigenvalue weighted by atomic mass is 35.5. The first-order valence-corrected chi connectivity index (χ1v) is 6.56. The Hall–Kier alpha value is -2.47. The number of hydrogen-bond donors (Lipinski definition) is 0. The molecule has 1 aromatic carbocycles. The van der Waals surface area contributed by atoms with Crippen LogP contribution in [0.15, 0.2) is 30.5 Å². The first-order chi connectivity index (χ1) is 10.5. The van der Waals surface area contributed by atoms with Crippen LogP contribution >= 0.6 is 11.6 Å².